The van der Waals surface area contributed by atoms with Crippen molar-refractivity contribution in [2.24, 2.45) is 0 Å². The van der Waals surface area contributed by atoms with Crippen molar-refractivity contribution in [3.05, 3.63) is 0 Å². The van der Waals surface area contributed by atoms with Crippen molar-refractivity contribution in [1.29, 1.82) is 0 Å². The van der Waals surface area contributed by atoms with Gasteiger partial charge in [0, 0.05) is 7.04 Å². The lowest BCUT2D eigenvalue weighted by atomic mass is 10.2. The summed E-state index contributed by atoms with van der Waals surface area (Å²) in [6.07, 6.45) is 0. The Labute approximate surface area is 43.5 Å². The van der Waals surface area contributed by atoms with Crippen molar-refractivity contribution in [3.63, 3.8) is 0 Å². The van der Waals surface area contributed by atoms with E-state index in [0.717, 1.165) is 0 Å². The molecule has 0 rings (SSSR count). The normalized spacial score (nSPS) is 21.5. The number of rotatable bonds is 0. The Balaban J connectivity index is 3.75. The maximum atomic E-state index is 6.70. The van der Waals surface area contributed by atoms with Crippen LogP contribution in [0.15, 0.2) is 0 Å². The molecule has 0 unspecified atom stereocenters. The van der Waals surface area contributed by atoms with Gasteiger partial charge in [0.15, 0.2) is 0 Å². The molecule has 0 atom stereocenters. The summed E-state index contributed by atoms with van der Waals surface area (Å²) < 4.78 is 24.7. The third-order valence-corrected chi connectivity index (χ3v) is 0.306. The molecule has 0 aliphatic heterocycles. The molecule has 6 heavy (non-hydrogen) atoms. The van der Waals surface area contributed by atoms with Crippen LogP contribution in [0.5, 0.6) is 0 Å². The minimum absolute atomic E-state index is 0.578. The molecule has 0 N–H and O–H groups in total. The number of hydrogen-bond donors (Lipinski definition) is 0. The van der Waals surface area contributed by atoms with E-state index in [1.807, 2.05) is 0 Å². The first kappa shape index (κ1) is 2.31. The van der Waals surface area contributed by atoms with Crippen LogP contribution in [-0.4, -0.2) is 12.6 Å². The van der Waals surface area contributed by atoms with Crippen molar-refractivity contribution in [2.75, 3.05) is 7.04 Å². The lowest BCUT2D eigenvalue weighted by Gasteiger charge is -2.14. The van der Waals surface area contributed by atoms with Crippen LogP contribution in [0, 0.1) is 0 Å². The molecule has 0 aliphatic rings. The second-order valence-electron chi connectivity index (χ2n) is 2.21. The number of hydrogen-bond acceptors (Lipinski definition) is 1. The molecule has 0 fully saturated rings. The minimum Gasteiger partial charge on any atom is -0.379 e. The van der Waals surface area contributed by atoms with Gasteiger partial charge in [-0.3, -0.25) is 0 Å². The fourth-order valence-electron chi connectivity index (χ4n) is 0. The molecular weight excluding hydrogens is 76.1 g/mol. The molecule has 0 spiro atoms. The molecule has 0 saturated carbocycles. The summed E-state index contributed by atoms with van der Waals surface area (Å²) in [4.78, 5) is 0. The Kier molecular flexibility index (Phi) is 0.619. The van der Waals surface area contributed by atoms with Gasteiger partial charge in [0.2, 0.25) is 0 Å². The molecule has 0 amide bonds. The first-order valence-electron chi connectivity index (χ1n) is 3.41. The van der Waals surface area contributed by atoms with Gasteiger partial charge in [-0.25, -0.2) is 0 Å². The SMILES string of the molecule is [2H]C([2H])([2H])OC(C)(C)C. The van der Waals surface area contributed by atoms with Crippen molar-refractivity contribution in [2.45, 2.75) is 26.4 Å². The van der Waals surface area contributed by atoms with Gasteiger partial charge in [-0.05, 0) is 20.8 Å². The molecule has 0 aromatic carbocycles. The highest BCUT2D eigenvalue weighted by atomic mass is 16.5. The fourth-order valence-corrected chi connectivity index (χ4v) is 0. The zero-order valence-corrected chi connectivity index (χ0v) is 4.41. The van der Waals surface area contributed by atoms with Gasteiger partial charge >= 0.3 is 0 Å². The zero-order chi connectivity index (χ0) is 7.71. The maximum absolute atomic E-state index is 6.70. The molecule has 0 bridgehead atoms. The smallest absolute Gasteiger partial charge is 0.0594 e. The summed E-state index contributed by atoms with van der Waals surface area (Å²) in [6, 6.07) is 0. The van der Waals surface area contributed by atoms with Crippen molar-refractivity contribution in [1.82, 2.24) is 0 Å². The highest BCUT2D eigenvalue weighted by Gasteiger charge is 2.03. The average Bonchev–Trinajstić information content (AvgIpc) is 1.14. The molecule has 0 radical (unpaired) electrons. The lowest BCUT2D eigenvalue weighted by Crippen LogP contribution is -2.15. The first-order chi connectivity index (χ1) is 3.71. The Bertz CT molecular complexity index is 77.4. The molecular formula is C5H12O. The summed E-state index contributed by atoms with van der Waals surface area (Å²) in [5.74, 6) is 0. The molecule has 0 saturated heterocycles. The first-order valence-corrected chi connectivity index (χ1v) is 1.91. The van der Waals surface area contributed by atoms with Crippen molar-refractivity contribution in [3.8, 4) is 0 Å². The Morgan fingerprint density at radius 2 is 2.00 bits per heavy atom. The Morgan fingerprint density at radius 3 is 2.00 bits per heavy atom. The van der Waals surface area contributed by atoms with Crippen LogP contribution in [0.1, 0.15) is 24.9 Å². The van der Waals surface area contributed by atoms with Crippen LogP contribution in [0.25, 0.3) is 0 Å². The summed E-state index contributed by atoms with van der Waals surface area (Å²) in [7, 11) is -2.27. The second-order valence-corrected chi connectivity index (χ2v) is 2.21. The van der Waals surface area contributed by atoms with E-state index < -0.39 is 12.6 Å². The Hall–Kier alpha value is -0.0400. The highest BCUT2D eigenvalue weighted by molar-refractivity contribution is 4.55. The van der Waals surface area contributed by atoms with Crippen LogP contribution >= 0.6 is 0 Å². The van der Waals surface area contributed by atoms with E-state index in [2.05, 4.69) is 4.74 Å². The van der Waals surface area contributed by atoms with Crippen LogP contribution in [-0.2, 0) is 4.74 Å². The highest BCUT2D eigenvalue weighted by Crippen LogP contribution is 2.02. The lowest BCUT2D eigenvalue weighted by molar-refractivity contribution is 0.0397. The number of methoxy groups -OCH3 is 1. The van der Waals surface area contributed by atoms with Crippen LogP contribution in [0.2, 0.25) is 0 Å². The van der Waals surface area contributed by atoms with Gasteiger partial charge < -0.3 is 4.74 Å². The van der Waals surface area contributed by atoms with Crippen LogP contribution in [0.4, 0.5) is 0 Å². The maximum Gasteiger partial charge on any atom is 0.0594 e. The zero-order valence-electron chi connectivity index (χ0n) is 7.41. The van der Waals surface area contributed by atoms with Gasteiger partial charge in [0.05, 0.1) is 9.71 Å². The molecule has 0 aliphatic carbocycles. The summed E-state index contributed by atoms with van der Waals surface area (Å²) in [6.45, 7) is 5.12. The van der Waals surface area contributed by atoms with Gasteiger partial charge in [0.25, 0.3) is 0 Å². The third kappa shape index (κ3) is 3.96. The largest absolute Gasteiger partial charge is 0.379 e. The predicted octanol–water partition coefficient (Wildman–Crippen LogP) is 1.43. The molecule has 0 heterocycles. The monoisotopic (exact) mass is 91.1 g/mol. The van der Waals surface area contributed by atoms with Gasteiger partial charge in [0.1, 0.15) is 0 Å². The molecule has 38 valence electrons. The summed E-state index contributed by atoms with van der Waals surface area (Å²) >= 11 is 0. The minimum atomic E-state index is -2.27. The Morgan fingerprint density at radius 1 is 1.50 bits per heavy atom. The molecule has 0 aromatic heterocycles. The standard InChI is InChI=1S/C5H12O/c1-5(2,3)6-4/h1-4H3/i4D3. The third-order valence-electron chi connectivity index (χ3n) is 0.306. The van der Waals surface area contributed by atoms with E-state index in [1.165, 1.54) is 0 Å². The van der Waals surface area contributed by atoms with E-state index in [0.29, 0.717) is 0 Å². The van der Waals surface area contributed by atoms with Gasteiger partial charge in [-0.15, -0.1) is 0 Å². The average molecular weight is 91.2 g/mol. The summed E-state index contributed by atoms with van der Waals surface area (Å²) in [5.41, 5.74) is -0.578. The van der Waals surface area contributed by atoms with Gasteiger partial charge in [-0.1, -0.05) is 0 Å². The van der Waals surface area contributed by atoms with Crippen molar-refractivity contribution >= 4 is 0 Å². The summed E-state index contributed by atoms with van der Waals surface area (Å²) in [5, 5.41) is 0. The topological polar surface area (TPSA) is 9.23 Å². The molecule has 1 heteroatoms. The van der Waals surface area contributed by atoms with E-state index in [9.17, 15) is 0 Å². The van der Waals surface area contributed by atoms with E-state index in [-0.39, 0.29) is 0 Å². The van der Waals surface area contributed by atoms with E-state index >= 15 is 0 Å². The van der Waals surface area contributed by atoms with Crippen molar-refractivity contribution < 1.29 is 8.85 Å². The number of ether oxygens (including phenoxy) is 1. The van der Waals surface area contributed by atoms with E-state index in [4.69, 9.17) is 4.11 Å². The molecule has 1 nitrogen and oxygen atoms in total. The van der Waals surface area contributed by atoms with Gasteiger partial charge in [-0.2, -0.15) is 0 Å². The van der Waals surface area contributed by atoms with Crippen LogP contribution in [0.3, 0.4) is 0 Å². The van der Waals surface area contributed by atoms with E-state index in [1.54, 1.807) is 20.8 Å². The predicted molar refractivity (Wildman–Crippen MR) is 26.8 cm³/mol. The molecule has 0 aromatic rings. The van der Waals surface area contributed by atoms with Crippen LogP contribution < -0.4 is 0 Å². The quantitative estimate of drug-likeness (QED) is 0.438. The fraction of sp³-hybridized carbons (Fsp3) is 1.00. The second kappa shape index (κ2) is 1.61.